The molecule has 0 saturated carbocycles. The zero-order valence-electron chi connectivity index (χ0n) is 14.3. The standard InChI is InChI=1S/C19H26NO4/c1-3-20(2)15-9-13(10-16(20)18-17(15)24-18)23-19(22)14(11-21)12-7-5-4-6-8-12/h4-8,13-18,21H,3,9-11H2,1-2H3/q+1/t13?,14-,15-,16+,17?,18?,20?/m1/s1. The maximum atomic E-state index is 12.6. The predicted octanol–water partition coefficient (Wildman–Crippen LogP) is 1.45. The number of nitrogens with zero attached hydrogens (tertiary/aromatic N) is 1. The minimum atomic E-state index is -0.594. The maximum absolute atomic E-state index is 12.6. The summed E-state index contributed by atoms with van der Waals surface area (Å²) in [5, 5.41) is 9.64. The number of quaternary nitrogens is 1. The smallest absolute Gasteiger partial charge is 0.316 e. The Kier molecular flexibility index (Phi) is 3.90. The lowest BCUT2D eigenvalue weighted by atomic mass is 9.95. The van der Waals surface area contributed by atoms with Gasteiger partial charge in [-0.2, -0.15) is 0 Å². The highest BCUT2D eigenvalue weighted by molar-refractivity contribution is 5.78. The number of piperidine rings is 1. The van der Waals surface area contributed by atoms with Gasteiger partial charge in [-0.05, 0) is 12.5 Å². The Morgan fingerprint density at radius 3 is 2.46 bits per heavy atom. The Morgan fingerprint density at radius 1 is 1.29 bits per heavy atom. The van der Waals surface area contributed by atoms with Crippen molar-refractivity contribution in [1.29, 1.82) is 0 Å². The van der Waals surface area contributed by atoms with E-state index >= 15 is 0 Å². The highest BCUT2D eigenvalue weighted by atomic mass is 16.6. The number of esters is 1. The predicted molar refractivity (Wildman–Crippen MR) is 88.3 cm³/mol. The van der Waals surface area contributed by atoms with Crippen LogP contribution in [0.3, 0.4) is 0 Å². The molecule has 0 aromatic heterocycles. The molecule has 2 bridgehead atoms. The number of carbonyl (C=O) groups excluding carboxylic acids is 1. The van der Waals surface area contributed by atoms with Crippen LogP contribution in [0.2, 0.25) is 0 Å². The third-order valence-electron chi connectivity index (χ3n) is 6.48. The molecule has 4 unspecified atom stereocenters. The fraction of sp³-hybridized carbons (Fsp3) is 0.632. The van der Waals surface area contributed by atoms with Crippen molar-refractivity contribution in [3.8, 4) is 0 Å². The van der Waals surface area contributed by atoms with E-state index in [2.05, 4.69) is 14.0 Å². The lowest BCUT2D eigenvalue weighted by Gasteiger charge is -2.47. The van der Waals surface area contributed by atoms with Gasteiger partial charge in [-0.1, -0.05) is 30.3 Å². The van der Waals surface area contributed by atoms with Crippen LogP contribution in [0.1, 0.15) is 31.2 Å². The van der Waals surface area contributed by atoms with Gasteiger partial charge in [-0.25, -0.2) is 0 Å². The van der Waals surface area contributed by atoms with Crippen molar-refractivity contribution in [2.75, 3.05) is 20.2 Å². The number of rotatable bonds is 5. The molecule has 3 fully saturated rings. The van der Waals surface area contributed by atoms with Gasteiger partial charge in [-0.15, -0.1) is 0 Å². The van der Waals surface area contributed by atoms with Crippen molar-refractivity contribution in [3.05, 3.63) is 35.9 Å². The number of ether oxygens (including phenoxy) is 2. The first-order chi connectivity index (χ1) is 11.6. The second-order valence-electron chi connectivity index (χ2n) is 7.54. The van der Waals surface area contributed by atoms with E-state index < -0.39 is 5.92 Å². The molecule has 0 amide bonds. The first kappa shape index (κ1) is 16.1. The number of aliphatic hydroxyl groups excluding tert-OH is 1. The molecule has 0 spiro atoms. The SMILES string of the molecule is CC[N+]1(C)[C@@H]2CC(OC(=O)[C@H](CO)c3ccccc3)C[C@H]1C1OC12. The van der Waals surface area contributed by atoms with Crippen LogP contribution in [-0.2, 0) is 14.3 Å². The molecule has 5 nitrogen and oxygen atoms in total. The van der Waals surface area contributed by atoms with Gasteiger partial charge in [0.15, 0.2) is 0 Å². The summed E-state index contributed by atoms with van der Waals surface area (Å²) < 4.78 is 12.7. The van der Waals surface area contributed by atoms with E-state index in [1.807, 2.05) is 30.3 Å². The Hall–Kier alpha value is -1.43. The summed E-state index contributed by atoms with van der Waals surface area (Å²) in [5.74, 6) is -0.904. The summed E-state index contributed by atoms with van der Waals surface area (Å²) in [5.41, 5.74) is 0.809. The fourth-order valence-corrected chi connectivity index (χ4v) is 4.87. The Balaban J connectivity index is 1.44. The van der Waals surface area contributed by atoms with Gasteiger partial charge in [0.2, 0.25) is 0 Å². The van der Waals surface area contributed by atoms with Crippen molar-refractivity contribution >= 4 is 5.97 Å². The van der Waals surface area contributed by atoms with Crippen LogP contribution in [0.15, 0.2) is 30.3 Å². The molecule has 4 rings (SSSR count). The highest BCUT2D eigenvalue weighted by Crippen LogP contribution is 2.52. The number of epoxide rings is 1. The number of benzene rings is 1. The average Bonchev–Trinajstić information content (AvgIpc) is 3.35. The zero-order valence-corrected chi connectivity index (χ0v) is 14.3. The molecule has 130 valence electrons. The molecule has 1 N–H and O–H groups in total. The minimum absolute atomic E-state index is 0.0561. The summed E-state index contributed by atoms with van der Waals surface area (Å²) in [6.45, 7) is 3.10. The van der Waals surface area contributed by atoms with Crippen LogP contribution in [0.25, 0.3) is 0 Å². The lowest BCUT2D eigenvalue weighted by Crippen LogP contribution is -2.62. The zero-order chi connectivity index (χ0) is 16.9. The number of hydrogen-bond donors (Lipinski definition) is 1. The molecule has 3 aliphatic heterocycles. The number of hydrogen-bond acceptors (Lipinski definition) is 4. The van der Waals surface area contributed by atoms with Crippen LogP contribution in [0, 0.1) is 0 Å². The monoisotopic (exact) mass is 332 g/mol. The number of likely N-dealkylation sites (N-methyl/N-ethyl adjacent to an activating group) is 1. The van der Waals surface area contributed by atoms with Crippen LogP contribution in [0.4, 0.5) is 0 Å². The topological polar surface area (TPSA) is 59.1 Å². The summed E-state index contributed by atoms with van der Waals surface area (Å²) in [6, 6.07) is 10.2. The summed E-state index contributed by atoms with van der Waals surface area (Å²) in [4.78, 5) is 12.6. The second-order valence-corrected chi connectivity index (χ2v) is 7.54. The van der Waals surface area contributed by atoms with Crippen molar-refractivity contribution < 1.29 is 23.9 Å². The molecule has 5 heteroatoms. The van der Waals surface area contributed by atoms with Crippen molar-refractivity contribution in [3.63, 3.8) is 0 Å². The normalized spacial score (nSPS) is 40.7. The first-order valence-electron chi connectivity index (χ1n) is 8.95. The van der Waals surface area contributed by atoms with Crippen LogP contribution in [-0.4, -0.2) is 66.2 Å². The van der Waals surface area contributed by atoms with Crippen LogP contribution < -0.4 is 0 Å². The molecule has 7 atom stereocenters. The molecule has 3 heterocycles. The molecule has 0 radical (unpaired) electrons. The Morgan fingerprint density at radius 2 is 1.92 bits per heavy atom. The number of morpholine rings is 1. The maximum Gasteiger partial charge on any atom is 0.316 e. The quantitative estimate of drug-likeness (QED) is 0.504. The van der Waals surface area contributed by atoms with E-state index in [0.717, 1.165) is 29.4 Å². The second kappa shape index (κ2) is 5.83. The average molecular weight is 332 g/mol. The van der Waals surface area contributed by atoms with Crippen molar-refractivity contribution in [2.45, 2.75) is 56.1 Å². The van der Waals surface area contributed by atoms with Crippen LogP contribution in [0.5, 0.6) is 0 Å². The largest absolute Gasteiger partial charge is 0.461 e. The van der Waals surface area contributed by atoms with E-state index in [4.69, 9.17) is 9.47 Å². The molecule has 1 aromatic carbocycles. The molecule has 1 aromatic rings. The van der Waals surface area contributed by atoms with Gasteiger partial charge in [0, 0.05) is 12.8 Å². The number of aliphatic hydroxyl groups is 1. The van der Waals surface area contributed by atoms with Gasteiger partial charge in [0.25, 0.3) is 0 Å². The van der Waals surface area contributed by atoms with Gasteiger partial charge in [0.1, 0.15) is 36.3 Å². The van der Waals surface area contributed by atoms with E-state index in [0.29, 0.717) is 24.3 Å². The Bertz CT molecular complexity index is 601. The molecular weight excluding hydrogens is 306 g/mol. The summed E-state index contributed by atoms with van der Waals surface area (Å²) in [7, 11) is 2.31. The van der Waals surface area contributed by atoms with E-state index in [9.17, 15) is 9.90 Å². The lowest BCUT2D eigenvalue weighted by molar-refractivity contribution is -0.954. The third kappa shape index (κ3) is 2.38. The van der Waals surface area contributed by atoms with Gasteiger partial charge in [0.05, 0.1) is 20.2 Å². The molecule has 3 aliphatic rings. The van der Waals surface area contributed by atoms with Gasteiger partial charge in [-0.3, -0.25) is 4.79 Å². The summed E-state index contributed by atoms with van der Waals surface area (Å²) in [6.07, 6.45) is 2.37. The van der Waals surface area contributed by atoms with E-state index in [1.54, 1.807) is 0 Å². The minimum Gasteiger partial charge on any atom is -0.461 e. The van der Waals surface area contributed by atoms with Gasteiger partial charge < -0.3 is 19.1 Å². The molecule has 24 heavy (non-hydrogen) atoms. The van der Waals surface area contributed by atoms with Crippen molar-refractivity contribution in [2.24, 2.45) is 0 Å². The number of fused-ring (bicyclic) bond motifs is 5. The van der Waals surface area contributed by atoms with E-state index in [1.165, 1.54) is 0 Å². The summed E-state index contributed by atoms with van der Waals surface area (Å²) >= 11 is 0. The van der Waals surface area contributed by atoms with Crippen molar-refractivity contribution in [1.82, 2.24) is 0 Å². The Labute approximate surface area is 142 Å². The van der Waals surface area contributed by atoms with Crippen LogP contribution >= 0.6 is 0 Å². The fourth-order valence-electron chi connectivity index (χ4n) is 4.87. The molecule has 0 aliphatic carbocycles. The highest BCUT2D eigenvalue weighted by Gasteiger charge is 2.71. The first-order valence-corrected chi connectivity index (χ1v) is 8.95. The molecule has 3 saturated heterocycles. The third-order valence-corrected chi connectivity index (χ3v) is 6.48. The van der Waals surface area contributed by atoms with E-state index in [-0.39, 0.29) is 18.7 Å². The molecular formula is C19H26NO4+. The number of carbonyl (C=O) groups is 1. The van der Waals surface area contributed by atoms with Gasteiger partial charge >= 0.3 is 5.97 Å².